The van der Waals surface area contributed by atoms with Crippen LogP contribution >= 0.6 is 0 Å². The molecule has 0 aromatic rings. The number of primary sulfonamides is 1. The fraction of sp³-hybridized carbons (Fsp3) is 1.00. The highest BCUT2D eigenvalue weighted by atomic mass is 32.2. The zero-order chi connectivity index (χ0) is 8.32. The summed E-state index contributed by atoms with van der Waals surface area (Å²) in [6.45, 7) is 1.83. The van der Waals surface area contributed by atoms with E-state index in [1.54, 1.807) is 0 Å². The molecular weight excluding hydrogens is 164 g/mol. The molecule has 1 aliphatic rings. The van der Waals surface area contributed by atoms with Crippen molar-refractivity contribution in [3.8, 4) is 0 Å². The second kappa shape index (κ2) is 3.51. The second-order valence-corrected chi connectivity index (χ2v) is 4.68. The summed E-state index contributed by atoms with van der Waals surface area (Å²) >= 11 is 0. The van der Waals surface area contributed by atoms with Crippen LogP contribution in [0.4, 0.5) is 0 Å². The van der Waals surface area contributed by atoms with Crippen molar-refractivity contribution in [1.29, 1.82) is 0 Å². The van der Waals surface area contributed by atoms with Crippen LogP contribution in [0.5, 0.6) is 0 Å². The van der Waals surface area contributed by atoms with E-state index >= 15 is 0 Å². The molecule has 0 unspecified atom stereocenters. The van der Waals surface area contributed by atoms with Crippen molar-refractivity contribution in [3.63, 3.8) is 0 Å². The van der Waals surface area contributed by atoms with Crippen molar-refractivity contribution in [1.82, 2.24) is 5.32 Å². The lowest BCUT2D eigenvalue weighted by Gasteiger charge is -2.21. The van der Waals surface area contributed by atoms with Gasteiger partial charge in [0.15, 0.2) is 0 Å². The first kappa shape index (κ1) is 8.96. The van der Waals surface area contributed by atoms with E-state index in [2.05, 4.69) is 5.32 Å². The molecule has 1 fully saturated rings. The molecule has 0 radical (unpaired) electrons. The molecule has 3 N–H and O–H groups in total. The zero-order valence-electron chi connectivity index (χ0n) is 6.41. The predicted octanol–water partition coefficient (Wildman–Crippen LogP) is -0.725. The number of hydrogen-bond donors (Lipinski definition) is 2. The van der Waals surface area contributed by atoms with Gasteiger partial charge in [-0.25, -0.2) is 13.6 Å². The maximum Gasteiger partial charge on any atom is 0.209 e. The SMILES string of the molecule is NS(=O)(=O)CC1CCNCC1. The quantitative estimate of drug-likeness (QED) is 0.586. The van der Waals surface area contributed by atoms with E-state index in [9.17, 15) is 8.42 Å². The summed E-state index contributed by atoms with van der Waals surface area (Å²) in [6.07, 6.45) is 1.85. The molecule has 11 heavy (non-hydrogen) atoms. The first-order valence-corrected chi connectivity index (χ1v) is 5.50. The Morgan fingerprint density at radius 3 is 2.36 bits per heavy atom. The molecule has 1 rings (SSSR count). The predicted molar refractivity (Wildman–Crippen MR) is 43.6 cm³/mol. The topological polar surface area (TPSA) is 72.2 Å². The molecule has 1 heterocycles. The number of hydrogen-bond acceptors (Lipinski definition) is 3. The summed E-state index contributed by atoms with van der Waals surface area (Å²) in [5.74, 6) is 0.417. The number of nitrogens with two attached hydrogens (primary N) is 1. The van der Waals surface area contributed by atoms with E-state index < -0.39 is 10.0 Å². The molecule has 0 amide bonds. The van der Waals surface area contributed by atoms with Gasteiger partial charge in [0, 0.05) is 0 Å². The molecular formula is C6H14N2O2S. The maximum atomic E-state index is 10.7. The second-order valence-electron chi connectivity index (χ2n) is 3.02. The summed E-state index contributed by atoms with van der Waals surface area (Å²) in [6, 6.07) is 0. The third-order valence-corrected chi connectivity index (χ3v) is 2.86. The monoisotopic (exact) mass is 178 g/mol. The highest BCUT2D eigenvalue weighted by Crippen LogP contribution is 2.12. The van der Waals surface area contributed by atoms with Gasteiger partial charge < -0.3 is 5.32 Å². The Labute approximate surface area is 67.2 Å². The van der Waals surface area contributed by atoms with Gasteiger partial charge in [-0.2, -0.15) is 0 Å². The lowest BCUT2D eigenvalue weighted by Crippen LogP contribution is -2.33. The number of piperidine rings is 1. The molecule has 0 aliphatic carbocycles. The van der Waals surface area contributed by atoms with E-state index in [1.807, 2.05) is 0 Å². The number of nitrogens with one attached hydrogen (secondary N) is 1. The molecule has 0 atom stereocenters. The highest BCUT2D eigenvalue weighted by molar-refractivity contribution is 7.89. The van der Waals surface area contributed by atoms with Gasteiger partial charge in [-0.1, -0.05) is 0 Å². The van der Waals surface area contributed by atoms with Gasteiger partial charge in [0.05, 0.1) is 5.75 Å². The van der Waals surface area contributed by atoms with Crippen molar-refractivity contribution in [2.24, 2.45) is 11.1 Å². The fourth-order valence-corrected chi connectivity index (χ4v) is 2.37. The molecule has 1 saturated heterocycles. The lowest BCUT2D eigenvalue weighted by atomic mass is 10.0. The standard InChI is InChI=1S/C6H14N2O2S/c7-11(9,10)5-6-1-3-8-4-2-6/h6,8H,1-5H2,(H2,7,9,10). The minimum Gasteiger partial charge on any atom is -0.317 e. The van der Waals surface area contributed by atoms with E-state index in [0.717, 1.165) is 25.9 Å². The fourth-order valence-electron chi connectivity index (χ4n) is 1.38. The first-order chi connectivity index (χ1) is 5.08. The van der Waals surface area contributed by atoms with Gasteiger partial charge in [-0.05, 0) is 31.8 Å². The lowest BCUT2D eigenvalue weighted by molar-refractivity contribution is 0.401. The molecule has 0 aromatic carbocycles. The smallest absolute Gasteiger partial charge is 0.209 e. The van der Waals surface area contributed by atoms with Crippen molar-refractivity contribution >= 4 is 10.0 Å². The summed E-state index contributed by atoms with van der Waals surface area (Å²) in [5.41, 5.74) is 0. The van der Waals surface area contributed by atoms with Gasteiger partial charge in [0.1, 0.15) is 0 Å². The van der Waals surface area contributed by atoms with Crippen LogP contribution in [0.2, 0.25) is 0 Å². The molecule has 4 nitrogen and oxygen atoms in total. The van der Waals surface area contributed by atoms with Crippen LogP contribution in [0.15, 0.2) is 0 Å². The number of sulfonamides is 1. The Balaban J connectivity index is 2.36. The summed E-state index contributed by atoms with van der Waals surface area (Å²) in [5, 5.41) is 8.08. The van der Waals surface area contributed by atoms with Crippen molar-refractivity contribution < 1.29 is 8.42 Å². The molecule has 0 saturated carbocycles. The average molecular weight is 178 g/mol. The third-order valence-electron chi connectivity index (χ3n) is 1.93. The van der Waals surface area contributed by atoms with Crippen molar-refractivity contribution in [3.05, 3.63) is 0 Å². The van der Waals surface area contributed by atoms with Gasteiger partial charge in [0.2, 0.25) is 10.0 Å². The van der Waals surface area contributed by atoms with E-state index in [1.165, 1.54) is 0 Å². The zero-order valence-corrected chi connectivity index (χ0v) is 7.23. The van der Waals surface area contributed by atoms with Gasteiger partial charge in [-0.15, -0.1) is 0 Å². The molecule has 0 aromatic heterocycles. The summed E-state index contributed by atoms with van der Waals surface area (Å²) < 4.78 is 21.3. The van der Waals surface area contributed by atoms with Gasteiger partial charge >= 0.3 is 0 Å². The largest absolute Gasteiger partial charge is 0.317 e. The van der Waals surface area contributed by atoms with Crippen LogP contribution in [0.25, 0.3) is 0 Å². The Morgan fingerprint density at radius 1 is 1.36 bits per heavy atom. The van der Waals surface area contributed by atoms with Crippen LogP contribution in [0.3, 0.4) is 0 Å². The van der Waals surface area contributed by atoms with Crippen LogP contribution in [-0.2, 0) is 10.0 Å². The molecule has 0 bridgehead atoms. The molecule has 66 valence electrons. The maximum absolute atomic E-state index is 10.7. The minimum absolute atomic E-state index is 0.147. The Bertz CT molecular complexity index is 207. The van der Waals surface area contributed by atoms with Crippen LogP contribution in [-0.4, -0.2) is 27.3 Å². The Morgan fingerprint density at radius 2 is 1.91 bits per heavy atom. The van der Waals surface area contributed by atoms with Crippen molar-refractivity contribution in [2.45, 2.75) is 12.8 Å². The van der Waals surface area contributed by atoms with Crippen molar-refractivity contribution in [2.75, 3.05) is 18.8 Å². The average Bonchev–Trinajstić information content (AvgIpc) is 1.85. The van der Waals surface area contributed by atoms with Crippen LogP contribution in [0, 0.1) is 5.92 Å². The Hall–Kier alpha value is -0.130. The van der Waals surface area contributed by atoms with Crippen LogP contribution in [0.1, 0.15) is 12.8 Å². The first-order valence-electron chi connectivity index (χ1n) is 3.79. The third kappa shape index (κ3) is 3.69. The summed E-state index contributed by atoms with van der Waals surface area (Å²) in [4.78, 5) is 0. The van der Waals surface area contributed by atoms with Crippen LogP contribution < -0.4 is 10.5 Å². The normalized spacial score (nSPS) is 21.9. The number of rotatable bonds is 2. The minimum atomic E-state index is -3.25. The Kier molecular flexibility index (Phi) is 2.86. The molecule has 5 heteroatoms. The summed E-state index contributed by atoms with van der Waals surface area (Å²) in [7, 11) is -3.25. The van der Waals surface area contributed by atoms with E-state index in [4.69, 9.17) is 5.14 Å². The van der Waals surface area contributed by atoms with E-state index in [-0.39, 0.29) is 11.7 Å². The molecule has 0 spiro atoms. The van der Waals surface area contributed by atoms with E-state index in [0.29, 0.717) is 0 Å². The van der Waals surface area contributed by atoms with Gasteiger partial charge in [-0.3, -0.25) is 0 Å². The van der Waals surface area contributed by atoms with Gasteiger partial charge in [0.25, 0.3) is 0 Å². The molecule has 1 aliphatic heterocycles. The highest BCUT2D eigenvalue weighted by Gasteiger charge is 2.17.